The van der Waals surface area contributed by atoms with Gasteiger partial charge in [0.2, 0.25) is 0 Å². The van der Waals surface area contributed by atoms with Crippen LogP contribution >= 0.6 is 0 Å². The van der Waals surface area contributed by atoms with E-state index in [0.717, 1.165) is 31.2 Å². The van der Waals surface area contributed by atoms with Crippen LogP contribution in [0, 0.1) is 0 Å². The molecule has 0 amide bonds. The van der Waals surface area contributed by atoms with Crippen molar-refractivity contribution in [2.24, 2.45) is 0 Å². The van der Waals surface area contributed by atoms with Gasteiger partial charge in [-0.25, -0.2) is 0 Å². The largest absolute Gasteiger partial charge is 0.299 e. The minimum absolute atomic E-state index is 0.346. The maximum atomic E-state index is 12.0. The van der Waals surface area contributed by atoms with Gasteiger partial charge in [-0.3, -0.25) is 4.79 Å². The Labute approximate surface area is 121 Å². The SMILES string of the molecule is C=CCCCCCC(=O)Cc1ccc2ccccc2c1. The summed E-state index contributed by atoms with van der Waals surface area (Å²) in [6.45, 7) is 3.71. The smallest absolute Gasteiger partial charge is 0.137 e. The normalized spacial score (nSPS) is 10.6. The number of ketones is 1. The van der Waals surface area contributed by atoms with Gasteiger partial charge in [0.1, 0.15) is 5.78 Å². The Hall–Kier alpha value is -1.89. The number of carbonyl (C=O) groups excluding carboxylic acids is 1. The Balaban J connectivity index is 1.84. The Bertz CT molecular complexity index is 583. The number of benzene rings is 2. The lowest BCUT2D eigenvalue weighted by molar-refractivity contribution is -0.118. The van der Waals surface area contributed by atoms with Crippen molar-refractivity contribution in [3.63, 3.8) is 0 Å². The molecule has 0 aliphatic heterocycles. The molecule has 0 N–H and O–H groups in total. The van der Waals surface area contributed by atoms with E-state index in [4.69, 9.17) is 0 Å². The molecule has 0 bridgehead atoms. The molecule has 1 nitrogen and oxygen atoms in total. The molecular formula is C19H22O. The number of unbranched alkanes of at least 4 members (excludes halogenated alkanes) is 3. The first-order valence-corrected chi connectivity index (χ1v) is 7.40. The molecule has 1 heteroatoms. The summed E-state index contributed by atoms with van der Waals surface area (Å²) in [6, 6.07) is 14.6. The molecular weight excluding hydrogens is 244 g/mol. The Kier molecular flexibility index (Phi) is 5.55. The summed E-state index contributed by atoms with van der Waals surface area (Å²) >= 11 is 0. The zero-order valence-electron chi connectivity index (χ0n) is 12.0. The monoisotopic (exact) mass is 266 g/mol. The molecule has 0 unspecified atom stereocenters. The van der Waals surface area contributed by atoms with Crippen LogP contribution in [-0.4, -0.2) is 5.78 Å². The van der Waals surface area contributed by atoms with Crippen molar-refractivity contribution in [1.82, 2.24) is 0 Å². The highest BCUT2D eigenvalue weighted by Gasteiger charge is 2.04. The third kappa shape index (κ3) is 4.34. The van der Waals surface area contributed by atoms with Gasteiger partial charge >= 0.3 is 0 Å². The maximum Gasteiger partial charge on any atom is 0.137 e. The Morgan fingerprint density at radius 2 is 1.80 bits per heavy atom. The summed E-state index contributed by atoms with van der Waals surface area (Å²) in [5.41, 5.74) is 1.12. The van der Waals surface area contributed by atoms with E-state index in [1.54, 1.807) is 0 Å². The second kappa shape index (κ2) is 7.64. The van der Waals surface area contributed by atoms with Crippen LogP contribution < -0.4 is 0 Å². The number of rotatable bonds is 8. The average molecular weight is 266 g/mol. The van der Waals surface area contributed by atoms with E-state index in [-0.39, 0.29) is 0 Å². The lowest BCUT2D eigenvalue weighted by Crippen LogP contribution is -2.02. The summed E-state index contributed by atoms with van der Waals surface area (Å²) in [7, 11) is 0. The molecule has 2 aromatic carbocycles. The van der Waals surface area contributed by atoms with Crippen LogP contribution in [0.15, 0.2) is 55.1 Å². The van der Waals surface area contributed by atoms with Gasteiger partial charge in [0.25, 0.3) is 0 Å². The number of carbonyl (C=O) groups is 1. The van der Waals surface area contributed by atoms with Crippen molar-refractivity contribution in [3.8, 4) is 0 Å². The highest BCUT2D eigenvalue weighted by molar-refractivity contribution is 5.86. The fourth-order valence-corrected chi connectivity index (χ4v) is 2.45. The molecule has 104 valence electrons. The Morgan fingerprint density at radius 1 is 1.00 bits per heavy atom. The molecule has 0 radical (unpaired) electrons. The second-order valence-corrected chi connectivity index (χ2v) is 5.28. The molecule has 20 heavy (non-hydrogen) atoms. The van der Waals surface area contributed by atoms with Gasteiger partial charge in [0.15, 0.2) is 0 Å². The van der Waals surface area contributed by atoms with Crippen LogP contribution in [0.25, 0.3) is 10.8 Å². The van der Waals surface area contributed by atoms with E-state index < -0.39 is 0 Å². The summed E-state index contributed by atoms with van der Waals surface area (Å²) in [5, 5.41) is 2.44. The van der Waals surface area contributed by atoms with Crippen molar-refractivity contribution >= 4 is 16.6 Å². The van der Waals surface area contributed by atoms with Gasteiger partial charge in [0.05, 0.1) is 0 Å². The zero-order chi connectivity index (χ0) is 14.2. The van der Waals surface area contributed by atoms with Crippen LogP contribution in [-0.2, 0) is 11.2 Å². The van der Waals surface area contributed by atoms with Crippen molar-refractivity contribution in [2.75, 3.05) is 0 Å². The Morgan fingerprint density at radius 3 is 2.60 bits per heavy atom. The van der Waals surface area contributed by atoms with Gasteiger partial charge in [-0.1, -0.05) is 55.0 Å². The molecule has 2 aromatic rings. The van der Waals surface area contributed by atoms with Crippen molar-refractivity contribution in [1.29, 1.82) is 0 Å². The summed E-state index contributed by atoms with van der Waals surface area (Å²) < 4.78 is 0. The number of Topliss-reactive ketones (excluding diaryl/α,β-unsaturated/α-hetero) is 1. The first kappa shape index (κ1) is 14.5. The number of hydrogen-bond donors (Lipinski definition) is 0. The van der Waals surface area contributed by atoms with Crippen LogP contribution in [0.2, 0.25) is 0 Å². The number of hydrogen-bond acceptors (Lipinski definition) is 1. The third-order valence-corrected chi connectivity index (χ3v) is 3.58. The average Bonchev–Trinajstić information content (AvgIpc) is 2.47. The van der Waals surface area contributed by atoms with Crippen LogP contribution in [0.5, 0.6) is 0 Å². The first-order chi connectivity index (χ1) is 9.79. The first-order valence-electron chi connectivity index (χ1n) is 7.40. The standard InChI is InChI=1S/C19H22O/c1-2-3-4-5-6-11-19(20)15-16-12-13-17-9-7-8-10-18(17)14-16/h2,7-10,12-14H,1,3-6,11,15H2. The molecule has 0 aliphatic rings. The number of fused-ring (bicyclic) bond motifs is 1. The molecule has 0 saturated heterocycles. The van der Waals surface area contributed by atoms with E-state index in [1.807, 2.05) is 18.2 Å². The fourth-order valence-electron chi connectivity index (χ4n) is 2.45. The van der Waals surface area contributed by atoms with E-state index in [9.17, 15) is 4.79 Å². The van der Waals surface area contributed by atoms with Crippen LogP contribution in [0.3, 0.4) is 0 Å². The van der Waals surface area contributed by atoms with Gasteiger partial charge < -0.3 is 0 Å². The molecule has 0 spiro atoms. The minimum atomic E-state index is 0.346. The highest BCUT2D eigenvalue weighted by atomic mass is 16.1. The fraction of sp³-hybridized carbons (Fsp3) is 0.316. The molecule has 0 aromatic heterocycles. The van der Waals surface area contributed by atoms with Crippen molar-refractivity contribution < 1.29 is 4.79 Å². The quantitative estimate of drug-likeness (QED) is 0.480. The van der Waals surface area contributed by atoms with Gasteiger partial charge in [0, 0.05) is 12.8 Å². The molecule has 0 atom stereocenters. The minimum Gasteiger partial charge on any atom is -0.299 e. The topological polar surface area (TPSA) is 17.1 Å². The predicted molar refractivity (Wildman–Crippen MR) is 85.9 cm³/mol. The van der Waals surface area contributed by atoms with Crippen molar-refractivity contribution in [2.45, 2.75) is 38.5 Å². The van der Waals surface area contributed by atoms with Crippen molar-refractivity contribution in [3.05, 3.63) is 60.7 Å². The summed E-state index contributed by atoms with van der Waals surface area (Å²) in [6.07, 6.45) is 7.52. The molecule has 0 aliphatic carbocycles. The van der Waals surface area contributed by atoms with Gasteiger partial charge in [-0.15, -0.1) is 6.58 Å². The number of allylic oxidation sites excluding steroid dienone is 1. The summed E-state index contributed by atoms with van der Waals surface area (Å²) in [4.78, 5) is 12.0. The van der Waals surface area contributed by atoms with E-state index >= 15 is 0 Å². The van der Waals surface area contributed by atoms with Crippen LogP contribution in [0.1, 0.15) is 37.7 Å². The molecule has 0 heterocycles. The molecule has 0 fully saturated rings. The van der Waals surface area contributed by atoms with Crippen LogP contribution in [0.4, 0.5) is 0 Å². The maximum absolute atomic E-state index is 12.0. The second-order valence-electron chi connectivity index (χ2n) is 5.28. The van der Waals surface area contributed by atoms with E-state index in [1.165, 1.54) is 10.8 Å². The van der Waals surface area contributed by atoms with E-state index in [0.29, 0.717) is 18.6 Å². The van der Waals surface area contributed by atoms with Gasteiger partial charge in [-0.05, 0) is 35.6 Å². The third-order valence-electron chi connectivity index (χ3n) is 3.58. The highest BCUT2D eigenvalue weighted by Crippen LogP contribution is 2.16. The lowest BCUT2D eigenvalue weighted by Gasteiger charge is -2.04. The van der Waals surface area contributed by atoms with E-state index in [2.05, 4.69) is 36.9 Å². The molecule has 0 saturated carbocycles. The summed E-state index contributed by atoms with van der Waals surface area (Å²) in [5.74, 6) is 0.346. The molecule has 2 rings (SSSR count). The predicted octanol–water partition coefficient (Wildman–Crippen LogP) is 5.09. The lowest BCUT2D eigenvalue weighted by atomic mass is 10.0. The van der Waals surface area contributed by atoms with Gasteiger partial charge in [-0.2, -0.15) is 0 Å². The zero-order valence-corrected chi connectivity index (χ0v) is 12.0.